The molecule has 0 aromatic heterocycles. The van der Waals surface area contributed by atoms with Crippen LogP contribution in [0.4, 0.5) is 13.6 Å². The minimum absolute atomic E-state index is 0.180. The summed E-state index contributed by atoms with van der Waals surface area (Å²) in [6, 6.07) is 1.37. The van der Waals surface area contributed by atoms with Crippen molar-refractivity contribution in [2.75, 3.05) is 19.7 Å². The monoisotopic (exact) mass is 385 g/mol. The summed E-state index contributed by atoms with van der Waals surface area (Å²) >= 11 is 0. The number of nitrogens with zero attached hydrogens (tertiary/aromatic N) is 1. The molecule has 2 rings (SSSR count). The molecule has 1 amide bonds. The van der Waals surface area contributed by atoms with Crippen LogP contribution < -0.4 is 4.74 Å². The minimum Gasteiger partial charge on any atom is -0.490 e. The van der Waals surface area contributed by atoms with E-state index in [4.69, 9.17) is 14.6 Å². The highest BCUT2D eigenvalue weighted by Gasteiger charge is 2.27. The highest BCUT2D eigenvalue weighted by molar-refractivity contribution is 5.88. The lowest BCUT2D eigenvalue weighted by atomic mass is 9.94. The second-order valence-electron chi connectivity index (χ2n) is 7.62. The quantitative estimate of drug-likeness (QED) is 0.827. The first kappa shape index (κ1) is 20.9. The molecule has 0 bridgehead atoms. The molecule has 150 valence electrons. The van der Waals surface area contributed by atoms with Crippen LogP contribution >= 0.6 is 0 Å². The summed E-state index contributed by atoms with van der Waals surface area (Å²) in [6.45, 7) is 6.80. The maximum atomic E-state index is 13.8. The van der Waals surface area contributed by atoms with Crippen molar-refractivity contribution in [3.05, 3.63) is 29.3 Å². The Balaban J connectivity index is 1.79. The smallest absolute Gasteiger partial charge is 0.410 e. The van der Waals surface area contributed by atoms with E-state index in [0.717, 1.165) is 18.9 Å². The van der Waals surface area contributed by atoms with Gasteiger partial charge >= 0.3 is 12.1 Å². The molecule has 1 heterocycles. The molecule has 1 aliphatic heterocycles. The Morgan fingerprint density at radius 2 is 1.81 bits per heavy atom. The fourth-order valence-corrected chi connectivity index (χ4v) is 2.87. The van der Waals surface area contributed by atoms with Crippen molar-refractivity contribution in [3.63, 3.8) is 0 Å². The highest BCUT2D eigenvalue weighted by Crippen LogP contribution is 2.25. The van der Waals surface area contributed by atoms with E-state index in [1.807, 2.05) is 20.8 Å². The highest BCUT2D eigenvalue weighted by atomic mass is 19.1. The van der Waals surface area contributed by atoms with E-state index in [1.54, 1.807) is 4.90 Å². The maximum Gasteiger partial charge on any atom is 0.410 e. The number of carboxylic acids is 1. The summed E-state index contributed by atoms with van der Waals surface area (Å²) in [4.78, 5) is 24.5. The summed E-state index contributed by atoms with van der Waals surface area (Å²) in [6.07, 6.45) is 1.85. The molecule has 1 fully saturated rings. The minimum atomic E-state index is -1.53. The van der Waals surface area contributed by atoms with Gasteiger partial charge in [-0.1, -0.05) is 0 Å². The summed E-state index contributed by atoms with van der Waals surface area (Å²) in [7, 11) is 0. The number of rotatable bonds is 5. The molecular weight excluding hydrogens is 360 g/mol. The number of amides is 1. The Bertz CT molecular complexity index is 694. The second-order valence-corrected chi connectivity index (χ2v) is 7.62. The van der Waals surface area contributed by atoms with E-state index in [9.17, 15) is 18.4 Å². The zero-order valence-electron chi connectivity index (χ0n) is 15.8. The lowest BCUT2D eigenvalue weighted by Crippen LogP contribution is -2.41. The van der Waals surface area contributed by atoms with Crippen molar-refractivity contribution < 1.29 is 33.0 Å². The van der Waals surface area contributed by atoms with Crippen molar-refractivity contribution in [2.45, 2.75) is 45.6 Å². The molecule has 1 aromatic carbocycles. The molecule has 1 aromatic rings. The largest absolute Gasteiger partial charge is 0.490 e. The Kier molecular flexibility index (Phi) is 6.62. The average Bonchev–Trinajstić information content (AvgIpc) is 2.56. The van der Waals surface area contributed by atoms with E-state index in [2.05, 4.69) is 0 Å². The normalized spacial score (nSPS) is 15.5. The van der Waals surface area contributed by atoms with Crippen molar-refractivity contribution in [1.29, 1.82) is 0 Å². The van der Waals surface area contributed by atoms with Crippen LogP contribution in [-0.4, -0.2) is 47.4 Å². The van der Waals surface area contributed by atoms with Crippen LogP contribution in [0, 0.1) is 17.6 Å². The zero-order valence-corrected chi connectivity index (χ0v) is 15.8. The Morgan fingerprint density at radius 3 is 2.37 bits per heavy atom. The molecular formula is C19H25F2NO5. The predicted octanol–water partition coefficient (Wildman–Crippen LogP) is 4.08. The maximum absolute atomic E-state index is 13.8. The third kappa shape index (κ3) is 6.08. The van der Waals surface area contributed by atoms with Gasteiger partial charge in [-0.25, -0.2) is 18.4 Å². The van der Waals surface area contributed by atoms with E-state index in [-0.39, 0.29) is 18.4 Å². The number of ether oxygens (including phenoxy) is 2. The molecule has 1 N–H and O–H groups in total. The van der Waals surface area contributed by atoms with Gasteiger partial charge in [-0.15, -0.1) is 0 Å². The molecule has 27 heavy (non-hydrogen) atoms. The Morgan fingerprint density at radius 1 is 1.19 bits per heavy atom. The second kappa shape index (κ2) is 8.54. The number of aromatic carboxylic acids is 1. The lowest BCUT2D eigenvalue weighted by Gasteiger charge is -2.33. The zero-order chi connectivity index (χ0) is 20.2. The average molecular weight is 385 g/mol. The van der Waals surface area contributed by atoms with Gasteiger partial charge in [0.15, 0.2) is 11.6 Å². The number of piperidine rings is 1. The number of halogens is 2. The SMILES string of the molecule is CC(C)(C)OC(=O)N1CCC(CCOc2cc(F)c(C(=O)O)cc2F)CC1. The van der Waals surface area contributed by atoms with Gasteiger partial charge in [-0.3, -0.25) is 0 Å². The summed E-state index contributed by atoms with van der Waals surface area (Å²) in [5.41, 5.74) is -1.26. The fraction of sp³-hybridized carbons (Fsp3) is 0.579. The first-order chi connectivity index (χ1) is 12.6. The predicted molar refractivity (Wildman–Crippen MR) is 94.0 cm³/mol. The molecule has 0 atom stereocenters. The van der Waals surface area contributed by atoms with Crippen LogP contribution in [0.25, 0.3) is 0 Å². The Labute approximate surface area is 157 Å². The summed E-state index contributed by atoms with van der Waals surface area (Å²) < 4.78 is 38.1. The fourth-order valence-electron chi connectivity index (χ4n) is 2.87. The van der Waals surface area contributed by atoms with Crippen molar-refractivity contribution in [3.8, 4) is 5.75 Å². The first-order valence-corrected chi connectivity index (χ1v) is 8.90. The van der Waals surface area contributed by atoms with Gasteiger partial charge in [0.1, 0.15) is 11.4 Å². The number of carbonyl (C=O) groups is 2. The third-order valence-electron chi connectivity index (χ3n) is 4.30. The van der Waals surface area contributed by atoms with Crippen molar-refractivity contribution >= 4 is 12.1 Å². The molecule has 0 spiro atoms. The van der Waals surface area contributed by atoms with Crippen LogP contribution in [0.15, 0.2) is 12.1 Å². The van der Waals surface area contributed by atoms with Gasteiger partial charge in [0.25, 0.3) is 0 Å². The lowest BCUT2D eigenvalue weighted by molar-refractivity contribution is 0.0177. The summed E-state index contributed by atoms with van der Waals surface area (Å²) in [5.74, 6) is -3.48. The molecule has 0 aliphatic carbocycles. The van der Waals surface area contributed by atoms with E-state index >= 15 is 0 Å². The van der Waals surface area contributed by atoms with Crippen molar-refractivity contribution in [1.82, 2.24) is 4.90 Å². The molecule has 6 nitrogen and oxygen atoms in total. The van der Waals surface area contributed by atoms with Gasteiger partial charge in [0, 0.05) is 19.2 Å². The number of carboxylic acid groups (broad SMARTS) is 1. The molecule has 8 heteroatoms. The first-order valence-electron chi connectivity index (χ1n) is 8.90. The van der Waals surface area contributed by atoms with E-state index in [1.165, 1.54) is 0 Å². The topological polar surface area (TPSA) is 76.1 Å². The van der Waals surface area contributed by atoms with Crippen molar-refractivity contribution in [2.24, 2.45) is 5.92 Å². The van der Waals surface area contributed by atoms with Gasteiger partial charge in [0.2, 0.25) is 0 Å². The number of hydrogen-bond donors (Lipinski definition) is 1. The molecule has 0 saturated carbocycles. The van der Waals surface area contributed by atoms with Crippen LogP contribution in [-0.2, 0) is 4.74 Å². The third-order valence-corrected chi connectivity index (χ3v) is 4.30. The molecule has 0 radical (unpaired) electrons. The van der Waals surface area contributed by atoms with Crippen LogP contribution in [0.1, 0.15) is 50.4 Å². The van der Waals surface area contributed by atoms with Crippen LogP contribution in [0.3, 0.4) is 0 Å². The van der Waals surface area contributed by atoms with Crippen LogP contribution in [0.2, 0.25) is 0 Å². The van der Waals surface area contributed by atoms with Gasteiger partial charge in [-0.05, 0) is 52.0 Å². The summed E-state index contributed by atoms with van der Waals surface area (Å²) in [5, 5.41) is 8.77. The Hall–Kier alpha value is -2.38. The van der Waals surface area contributed by atoms with Gasteiger partial charge in [-0.2, -0.15) is 0 Å². The van der Waals surface area contributed by atoms with E-state index < -0.39 is 28.8 Å². The number of benzene rings is 1. The van der Waals surface area contributed by atoms with Gasteiger partial charge in [0.05, 0.1) is 12.2 Å². The van der Waals surface area contributed by atoms with E-state index in [0.29, 0.717) is 31.5 Å². The molecule has 1 aliphatic rings. The molecule has 1 saturated heterocycles. The van der Waals surface area contributed by atoms with Gasteiger partial charge < -0.3 is 19.5 Å². The van der Waals surface area contributed by atoms with Crippen LogP contribution in [0.5, 0.6) is 5.75 Å². The standard InChI is InChI=1S/C19H25F2NO5/c1-19(2,3)27-18(25)22-7-4-12(5-8-22)6-9-26-16-11-14(20)13(17(23)24)10-15(16)21/h10-12H,4-9H2,1-3H3,(H,23,24). The number of hydrogen-bond acceptors (Lipinski definition) is 4. The molecule has 0 unspecified atom stereocenters. The number of likely N-dealkylation sites (tertiary alicyclic amines) is 1. The number of carbonyl (C=O) groups excluding carboxylic acids is 1.